The van der Waals surface area contributed by atoms with Crippen LogP contribution in [-0.2, 0) is 38.1 Å². The highest BCUT2D eigenvalue weighted by Crippen LogP contribution is 2.50. The predicted octanol–water partition coefficient (Wildman–Crippen LogP) is 0.325. The first-order chi connectivity index (χ1) is 14.4. The first-order valence-electron chi connectivity index (χ1n) is 8.35. The van der Waals surface area contributed by atoms with Gasteiger partial charge in [-0.2, -0.15) is 0 Å². The number of methoxy groups -OCH3 is 3. The van der Waals surface area contributed by atoms with Gasteiger partial charge in [0.15, 0.2) is 0 Å². The zero-order valence-electron chi connectivity index (χ0n) is 16.4. The van der Waals surface area contributed by atoms with E-state index in [-0.39, 0.29) is 18.0 Å². The first-order valence-corrected chi connectivity index (χ1v) is 10.0. The van der Waals surface area contributed by atoms with Crippen LogP contribution < -0.4 is 0 Å². The summed E-state index contributed by atoms with van der Waals surface area (Å²) >= 11 is 1.73. The van der Waals surface area contributed by atoms with Crippen molar-refractivity contribution in [1.82, 2.24) is 19.2 Å². The quantitative estimate of drug-likeness (QED) is 0.288. The van der Waals surface area contributed by atoms with Gasteiger partial charge in [0.05, 0.1) is 39.3 Å². The Bertz CT molecular complexity index is 871. The monoisotopic (exact) mass is 458 g/mol. The normalized spacial score (nSPS) is 13.1. The largest absolute Gasteiger partial charge is 0.468 e. The molecule has 2 rings (SSSR count). The first kappa shape index (κ1) is 23.3. The molecule has 2 unspecified atom stereocenters. The number of rotatable bonds is 9. The molecule has 2 atom stereocenters. The van der Waals surface area contributed by atoms with E-state index in [2.05, 4.69) is 19.2 Å². The van der Waals surface area contributed by atoms with Gasteiger partial charge in [-0.05, 0) is 30.0 Å². The standard InChI is InChI=1S/C16H18N4O8S2/c1-5-28-13(22)11(9-7-30-20-18-9)16(14(23)26-3,15(24)27-4)10(12(21)25-2)8-6-29-19-17-8/h6-7,10-11H,5H2,1-4H3. The van der Waals surface area contributed by atoms with Crippen LogP contribution in [-0.4, -0.2) is 71.0 Å². The number of hydrogen-bond donors (Lipinski definition) is 0. The molecule has 0 aromatic carbocycles. The molecule has 0 saturated carbocycles. The van der Waals surface area contributed by atoms with Gasteiger partial charge in [0, 0.05) is 10.8 Å². The lowest BCUT2D eigenvalue weighted by atomic mass is 9.64. The van der Waals surface area contributed by atoms with Gasteiger partial charge in [0.1, 0.15) is 11.8 Å². The lowest BCUT2D eigenvalue weighted by molar-refractivity contribution is -0.183. The van der Waals surface area contributed by atoms with Gasteiger partial charge in [0.2, 0.25) is 5.41 Å². The van der Waals surface area contributed by atoms with Crippen LogP contribution in [0.15, 0.2) is 10.8 Å². The lowest BCUT2D eigenvalue weighted by Crippen LogP contribution is -2.55. The zero-order valence-corrected chi connectivity index (χ0v) is 18.0. The van der Waals surface area contributed by atoms with Crippen LogP contribution in [0.2, 0.25) is 0 Å². The highest BCUT2D eigenvalue weighted by atomic mass is 32.1. The molecule has 0 aliphatic rings. The van der Waals surface area contributed by atoms with E-state index in [1.54, 1.807) is 0 Å². The number of nitrogens with zero attached hydrogens (tertiary/aromatic N) is 4. The molecule has 0 spiro atoms. The average molecular weight is 458 g/mol. The second-order valence-corrected chi connectivity index (χ2v) is 6.87. The van der Waals surface area contributed by atoms with Gasteiger partial charge in [-0.3, -0.25) is 19.2 Å². The van der Waals surface area contributed by atoms with Crippen LogP contribution in [0.5, 0.6) is 0 Å². The van der Waals surface area contributed by atoms with Crippen molar-refractivity contribution in [2.45, 2.75) is 18.8 Å². The Morgan fingerprint density at radius 3 is 1.67 bits per heavy atom. The van der Waals surface area contributed by atoms with Crippen molar-refractivity contribution in [2.75, 3.05) is 27.9 Å². The smallest absolute Gasteiger partial charge is 0.325 e. The summed E-state index contributed by atoms with van der Waals surface area (Å²) in [6, 6.07) is 0. The van der Waals surface area contributed by atoms with E-state index in [1.807, 2.05) is 0 Å². The van der Waals surface area contributed by atoms with E-state index in [4.69, 9.17) is 18.9 Å². The van der Waals surface area contributed by atoms with Crippen LogP contribution in [0, 0.1) is 5.41 Å². The molecular formula is C16H18N4O8S2. The lowest BCUT2D eigenvalue weighted by Gasteiger charge is -2.37. The molecule has 2 aromatic rings. The predicted molar refractivity (Wildman–Crippen MR) is 100 cm³/mol. The van der Waals surface area contributed by atoms with Gasteiger partial charge in [-0.1, -0.05) is 8.98 Å². The Balaban J connectivity index is 2.95. The van der Waals surface area contributed by atoms with Gasteiger partial charge in [0.25, 0.3) is 0 Å². The number of hydrogen-bond acceptors (Lipinski definition) is 14. The van der Waals surface area contributed by atoms with Gasteiger partial charge < -0.3 is 18.9 Å². The molecule has 0 aliphatic carbocycles. The Morgan fingerprint density at radius 2 is 1.33 bits per heavy atom. The van der Waals surface area contributed by atoms with Gasteiger partial charge in [-0.25, -0.2) is 0 Å². The van der Waals surface area contributed by atoms with Crippen LogP contribution in [0.3, 0.4) is 0 Å². The average Bonchev–Trinajstić information content (AvgIpc) is 3.46. The van der Waals surface area contributed by atoms with E-state index in [0.29, 0.717) is 0 Å². The fraction of sp³-hybridized carbons (Fsp3) is 0.500. The zero-order chi connectivity index (χ0) is 22.3. The summed E-state index contributed by atoms with van der Waals surface area (Å²) in [5.74, 6) is -8.05. The second kappa shape index (κ2) is 10.2. The fourth-order valence-electron chi connectivity index (χ4n) is 3.08. The van der Waals surface area contributed by atoms with E-state index in [0.717, 1.165) is 44.4 Å². The third kappa shape index (κ3) is 4.00. The molecule has 14 heteroatoms. The molecule has 0 fully saturated rings. The number of ether oxygens (including phenoxy) is 4. The fourth-order valence-corrected chi connectivity index (χ4v) is 4.04. The summed E-state index contributed by atoms with van der Waals surface area (Å²) in [5.41, 5.74) is -2.81. The SMILES string of the molecule is CCOC(=O)C(c1csnn1)C(C(=O)OC)(C(=O)OC)C(C(=O)OC)c1csnn1. The highest BCUT2D eigenvalue weighted by Gasteiger charge is 2.67. The summed E-state index contributed by atoms with van der Waals surface area (Å²) in [5, 5.41) is 10.3. The summed E-state index contributed by atoms with van der Waals surface area (Å²) in [6.07, 6.45) is 0. The van der Waals surface area contributed by atoms with Crippen molar-refractivity contribution in [3.63, 3.8) is 0 Å². The van der Waals surface area contributed by atoms with E-state index >= 15 is 0 Å². The third-order valence-electron chi connectivity index (χ3n) is 4.26. The molecule has 0 radical (unpaired) electrons. The minimum absolute atomic E-state index is 0.0769. The molecule has 0 saturated heterocycles. The van der Waals surface area contributed by atoms with Crippen LogP contribution in [0.1, 0.15) is 30.1 Å². The third-order valence-corrected chi connectivity index (χ3v) is 5.31. The Morgan fingerprint density at radius 1 is 0.867 bits per heavy atom. The summed E-state index contributed by atoms with van der Waals surface area (Å²) in [4.78, 5) is 52.3. The van der Waals surface area contributed by atoms with Crippen molar-refractivity contribution in [3.05, 3.63) is 22.1 Å². The maximum absolute atomic E-state index is 13.2. The maximum atomic E-state index is 13.2. The molecule has 0 N–H and O–H groups in total. The molecule has 12 nitrogen and oxygen atoms in total. The summed E-state index contributed by atoms with van der Waals surface area (Å²) < 4.78 is 27.1. The topological polar surface area (TPSA) is 157 Å². The van der Waals surface area contributed by atoms with Crippen molar-refractivity contribution < 1.29 is 38.1 Å². The van der Waals surface area contributed by atoms with Crippen molar-refractivity contribution in [3.8, 4) is 0 Å². The second-order valence-electron chi connectivity index (χ2n) is 5.65. The molecular weight excluding hydrogens is 440 g/mol. The Hall–Kier alpha value is -3.00. The van der Waals surface area contributed by atoms with E-state index in [1.165, 1.54) is 17.7 Å². The van der Waals surface area contributed by atoms with Crippen molar-refractivity contribution >= 4 is 46.9 Å². The molecule has 0 bridgehead atoms. The molecule has 30 heavy (non-hydrogen) atoms. The van der Waals surface area contributed by atoms with Crippen LogP contribution in [0.4, 0.5) is 0 Å². The molecule has 2 aromatic heterocycles. The number of carbonyl (C=O) groups is 4. The summed E-state index contributed by atoms with van der Waals surface area (Å²) in [7, 11) is 3.04. The van der Waals surface area contributed by atoms with Crippen molar-refractivity contribution in [1.29, 1.82) is 0 Å². The van der Waals surface area contributed by atoms with Crippen LogP contribution in [0.25, 0.3) is 0 Å². The van der Waals surface area contributed by atoms with Crippen LogP contribution >= 0.6 is 23.1 Å². The highest BCUT2D eigenvalue weighted by molar-refractivity contribution is 7.03. The number of aromatic nitrogens is 4. The van der Waals surface area contributed by atoms with E-state index in [9.17, 15) is 19.2 Å². The molecule has 0 amide bonds. The minimum Gasteiger partial charge on any atom is -0.468 e. The maximum Gasteiger partial charge on any atom is 0.325 e. The van der Waals surface area contributed by atoms with Gasteiger partial charge >= 0.3 is 23.9 Å². The number of carbonyl (C=O) groups excluding carboxylic acids is 4. The summed E-state index contributed by atoms with van der Waals surface area (Å²) in [6.45, 7) is 1.46. The number of esters is 4. The van der Waals surface area contributed by atoms with E-state index < -0.39 is 41.1 Å². The minimum atomic E-state index is -2.62. The molecule has 0 aliphatic heterocycles. The Kier molecular flexibility index (Phi) is 7.88. The Labute approximate surface area is 178 Å². The van der Waals surface area contributed by atoms with Crippen molar-refractivity contribution in [2.24, 2.45) is 5.41 Å². The van der Waals surface area contributed by atoms with Gasteiger partial charge in [-0.15, -0.1) is 10.2 Å². The molecule has 2 heterocycles. The molecule has 162 valence electrons.